The molecule has 0 saturated carbocycles. The molecule has 3 aromatic carbocycles. The SMILES string of the molecule is Cc1ccc2c(c1)C(=O)N(CCCC(=O)Nc1cccc(NS(=O)(=O)c3ccccc3)c1)C2=O. The number of nitrogens with one attached hydrogen (secondary N) is 2. The number of aryl methyl sites for hydroxylation is 1. The maximum Gasteiger partial charge on any atom is 0.261 e. The lowest BCUT2D eigenvalue weighted by Gasteiger charge is -2.14. The quantitative estimate of drug-likeness (QED) is 0.479. The lowest BCUT2D eigenvalue weighted by Crippen LogP contribution is -2.31. The Morgan fingerprint density at radius 1 is 0.853 bits per heavy atom. The van der Waals surface area contributed by atoms with Crippen LogP contribution < -0.4 is 10.0 Å². The third-order valence-electron chi connectivity index (χ3n) is 5.36. The zero-order valence-corrected chi connectivity index (χ0v) is 19.3. The van der Waals surface area contributed by atoms with Crippen molar-refractivity contribution >= 4 is 39.1 Å². The first-order chi connectivity index (χ1) is 16.2. The fourth-order valence-electron chi connectivity index (χ4n) is 3.70. The molecule has 9 heteroatoms. The van der Waals surface area contributed by atoms with Crippen molar-refractivity contribution in [2.75, 3.05) is 16.6 Å². The predicted octanol–water partition coefficient (Wildman–Crippen LogP) is 3.81. The summed E-state index contributed by atoms with van der Waals surface area (Å²) in [6.07, 6.45) is 0.392. The van der Waals surface area contributed by atoms with Crippen molar-refractivity contribution in [2.45, 2.75) is 24.7 Å². The van der Waals surface area contributed by atoms with Crippen LogP contribution in [0.25, 0.3) is 0 Å². The molecule has 4 rings (SSSR count). The van der Waals surface area contributed by atoms with E-state index < -0.39 is 10.0 Å². The van der Waals surface area contributed by atoms with Gasteiger partial charge in [0.05, 0.1) is 21.7 Å². The number of hydrogen-bond acceptors (Lipinski definition) is 5. The maximum absolute atomic E-state index is 12.5. The molecule has 0 bridgehead atoms. The summed E-state index contributed by atoms with van der Waals surface area (Å²) < 4.78 is 27.5. The normalized spacial score (nSPS) is 13.0. The largest absolute Gasteiger partial charge is 0.326 e. The number of anilines is 2. The number of nitrogens with zero attached hydrogens (tertiary/aromatic N) is 1. The molecule has 1 aliphatic heterocycles. The van der Waals surface area contributed by atoms with Gasteiger partial charge in [0.15, 0.2) is 0 Å². The van der Waals surface area contributed by atoms with Crippen LogP contribution in [0, 0.1) is 6.92 Å². The Morgan fingerprint density at radius 3 is 2.32 bits per heavy atom. The highest BCUT2D eigenvalue weighted by Crippen LogP contribution is 2.24. The topological polar surface area (TPSA) is 113 Å². The van der Waals surface area contributed by atoms with E-state index in [0.29, 0.717) is 28.9 Å². The maximum atomic E-state index is 12.5. The van der Waals surface area contributed by atoms with E-state index in [0.717, 1.165) is 10.5 Å². The van der Waals surface area contributed by atoms with Gasteiger partial charge in [-0.1, -0.05) is 35.9 Å². The molecule has 0 spiro atoms. The Hall–Kier alpha value is -3.98. The molecule has 8 nitrogen and oxygen atoms in total. The Bertz CT molecular complexity index is 1370. The van der Waals surface area contributed by atoms with Gasteiger partial charge in [-0.05, 0) is 55.8 Å². The Morgan fingerprint density at radius 2 is 1.56 bits per heavy atom. The number of sulfonamides is 1. The number of rotatable bonds is 8. The van der Waals surface area contributed by atoms with E-state index >= 15 is 0 Å². The second kappa shape index (κ2) is 9.48. The molecule has 0 unspecified atom stereocenters. The second-order valence-electron chi connectivity index (χ2n) is 7.96. The molecule has 1 heterocycles. The summed E-state index contributed by atoms with van der Waals surface area (Å²) in [5, 5.41) is 2.72. The van der Waals surface area contributed by atoms with E-state index in [-0.39, 0.29) is 35.6 Å². The van der Waals surface area contributed by atoms with Crippen LogP contribution in [0.3, 0.4) is 0 Å². The molecular formula is C25H23N3O5S. The predicted molar refractivity (Wildman–Crippen MR) is 128 cm³/mol. The van der Waals surface area contributed by atoms with Crippen molar-refractivity contribution < 1.29 is 22.8 Å². The van der Waals surface area contributed by atoms with Gasteiger partial charge in [-0.3, -0.25) is 24.0 Å². The molecule has 2 N–H and O–H groups in total. The first kappa shape index (κ1) is 23.2. The molecule has 0 aromatic heterocycles. The number of fused-ring (bicyclic) bond motifs is 1. The van der Waals surface area contributed by atoms with Gasteiger partial charge < -0.3 is 5.32 Å². The van der Waals surface area contributed by atoms with Crippen molar-refractivity contribution in [3.05, 3.63) is 89.5 Å². The first-order valence-electron chi connectivity index (χ1n) is 10.7. The Labute approximate surface area is 197 Å². The average molecular weight is 478 g/mol. The van der Waals surface area contributed by atoms with Crippen molar-refractivity contribution in [3.8, 4) is 0 Å². The molecule has 1 aliphatic rings. The number of benzene rings is 3. The molecule has 3 aromatic rings. The minimum atomic E-state index is -3.75. The van der Waals surface area contributed by atoms with E-state index in [1.54, 1.807) is 54.6 Å². The highest BCUT2D eigenvalue weighted by Gasteiger charge is 2.34. The zero-order valence-electron chi connectivity index (χ0n) is 18.4. The third kappa shape index (κ3) is 4.99. The third-order valence-corrected chi connectivity index (χ3v) is 6.76. The summed E-state index contributed by atoms with van der Waals surface area (Å²) in [5.74, 6) is -1.00. The van der Waals surface area contributed by atoms with E-state index in [1.807, 2.05) is 6.92 Å². The number of hydrogen-bond donors (Lipinski definition) is 2. The summed E-state index contributed by atoms with van der Waals surface area (Å²) in [4.78, 5) is 38.7. The van der Waals surface area contributed by atoms with Crippen LogP contribution in [0.5, 0.6) is 0 Å². The minimum Gasteiger partial charge on any atom is -0.326 e. The molecule has 174 valence electrons. The number of carbonyl (C=O) groups excluding carboxylic acids is 3. The number of amides is 3. The zero-order chi connectivity index (χ0) is 24.3. The van der Waals surface area contributed by atoms with Crippen LogP contribution in [0.2, 0.25) is 0 Å². The fourth-order valence-corrected chi connectivity index (χ4v) is 4.77. The average Bonchev–Trinajstić information content (AvgIpc) is 3.04. The summed E-state index contributed by atoms with van der Waals surface area (Å²) >= 11 is 0. The van der Waals surface area contributed by atoms with Gasteiger partial charge in [-0.25, -0.2) is 8.42 Å². The monoisotopic (exact) mass is 477 g/mol. The fraction of sp³-hybridized carbons (Fsp3) is 0.160. The Kier molecular flexibility index (Phi) is 6.47. The highest BCUT2D eigenvalue weighted by molar-refractivity contribution is 7.92. The van der Waals surface area contributed by atoms with Crippen molar-refractivity contribution in [1.82, 2.24) is 4.90 Å². The molecular weight excluding hydrogens is 454 g/mol. The van der Waals surface area contributed by atoms with Crippen LogP contribution in [-0.2, 0) is 14.8 Å². The lowest BCUT2D eigenvalue weighted by molar-refractivity contribution is -0.116. The van der Waals surface area contributed by atoms with E-state index in [4.69, 9.17) is 0 Å². The van der Waals surface area contributed by atoms with Crippen LogP contribution in [-0.4, -0.2) is 37.6 Å². The van der Waals surface area contributed by atoms with Gasteiger partial charge in [0.2, 0.25) is 5.91 Å². The van der Waals surface area contributed by atoms with Gasteiger partial charge in [-0.15, -0.1) is 0 Å². The van der Waals surface area contributed by atoms with Crippen molar-refractivity contribution in [1.29, 1.82) is 0 Å². The minimum absolute atomic E-state index is 0.0897. The summed E-state index contributed by atoms with van der Waals surface area (Å²) in [7, 11) is -3.75. The van der Waals surface area contributed by atoms with Crippen molar-refractivity contribution in [2.24, 2.45) is 0 Å². The van der Waals surface area contributed by atoms with Gasteiger partial charge in [0, 0.05) is 18.7 Å². The number of carbonyl (C=O) groups is 3. The van der Waals surface area contributed by atoms with Crippen molar-refractivity contribution in [3.63, 3.8) is 0 Å². The van der Waals surface area contributed by atoms with Gasteiger partial charge in [0.1, 0.15) is 0 Å². The smallest absolute Gasteiger partial charge is 0.261 e. The standard InChI is InChI=1S/C25H23N3O5S/c1-17-12-13-21-22(15-17)25(31)28(24(21)30)14-6-11-23(29)26-18-7-5-8-19(16-18)27-34(32,33)20-9-3-2-4-10-20/h2-5,7-10,12-13,15-16,27H,6,11,14H2,1H3,(H,26,29). The second-order valence-corrected chi connectivity index (χ2v) is 9.64. The van der Waals surface area contributed by atoms with E-state index in [9.17, 15) is 22.8 Å². The van der Waals surface area contributed by atoms with Crippen LogP contribution in [0.15, 0.2) is 77.7 Å². The molecule has 0 fully saturated rings. The van der Waals surface area contributed by atoms with Crippen LogP contribution >= 0.6 is 0 Å². The molecule has 0 aliphatic carbocycles. The van der Waals surface area contributed by atoms with Crippen LogP contribution in [0.4, 0.5) is 11.4 Å². The van der Waals surface area contributed by atoms with Gasteiger partial charge >= 0.3 is 0 Å². The summed E-state index contributed by atoms with van der Waals surface area (Å²) in [5.41, 5.74) is 2.41. The molecule has 34 heavy (non-hydrogen) atoms. The Balaban J connectivity index is 1.32. The molecule has 0 radical (unpaired) electrons. The van der Waals surface area contributed by atoms with Crippen LogP contribution in [0.1, 0.15) is 39.1 Å². The summed E-state index contributed by atoms with van der Waals surface area (Å²) in [6.45, 7) is 1.99. The highest BCUT2D eigenvalue weighted by atomic mass is 32.2. The van der Waals surface area contributed by atoms with Gasteiger partial charge in [0.25, 0.3) is 21.8 Å². The molecule has 0 saturated heterocycles. The molecule has 3 amide bonds. The molecule has 0 atom stereocenters. The lowest BCUT2D eigenvalue weighted by atomic mass is 10.1. The van der Waals surface area contributed by atoms with E-state index in [2.05, 4.69) is 10.0 Å². The van der Waals surface area contributed by atoms with Gasteiger partial charge in [-0.2, -0.15) is 0 Å². The van der Waals surface area contributed by atoms with E-state index in [1.165, 1.54) is 18.2 Å². The first-order valence-corrected chi connectivity index (χ1v) is 12.2. The number of imide groups is 1. The summed E-state index contributed by atoms with van der Waals surface area (Å²) in [6, 6.07) is 19.5.